The Bertz CT molecular complexity index is 171. The molecule has 0 radical (unpaired) electrons. The number of rotatable bonds is 3. The fourth-order valence-corrected chi connectivity index (χ4v) is 2.42. The molecule has 2 aliphatic rings. The molecule has 0 heterocycles. The van der Waals surface area contributed by atoms with Crippen LogP contribution in [0.2, 0.25) is 0 Å². The minimum absolute atomic E-state index is 0.100. The minimum atomic E-state index is -0.618. The van der Waals surface area contributed by atoms with Crippen LogP contribution in [0.5, 0.6) is 0 Å². The molecule has 0 amide bonds. The van der Waals surface area contributed by atoms with Crippen LogP contribution in [0.15, 0.2) is 0 Å². The third-order valence-corrected chi connectivity index (χ3v) is 3.66. The first-order valence-corrected chi connectivity index (χ1v) is 5.63. The van der Waals surface area contributed by atoms with Crippen molar-refractivity contribution in [1.29, 1.82) is 0 Å². The van der Waals surface area contributed by atoms with Crippen molar-refractivity contribution in [3.63, 3.8) is 0 Å². The second-order valence-electron chi connectivity index (χ2n) is 4.98. The molecule has 13 heavy (non-hydrogen) atoms. The molecule has 1 nitrogen and oxygen atoms in total. The molecule has 0 bridgehead atoms. The summed E-state index contributed by atoms with van der Waals surface area (Å²) in [5.41, 5.74) is 5.81. The van der Waals surface area contributed by atoms with Crippen molar-refractivity contribution >= 4 is 0 Å². The van der Waals surface area contributed by atoms with Crippen LogP contribution in [-0.2, 0) is 0 Å². The summed E-state index contributed by atoms with van der Waals surface area (Å²) in [6.07, 6.45) is 8.03. The number of alkyl halides is 1. The third-order valence-electron chi connectivity index (χ3n) is 3.66. The Hall–Kier alpha value is -0.110. The van der Waals surface area contributed by atoms with Crippen LogP contribution in [0, 0.1) is 5.92 Å². The molecule has 76 valence electrons. The molecule has 2 fully saturated rings. The highest BCUT2D eigenvalue weighted by Crippen LogP contribution is 2.40. The highest BCUT2D eigenvalue weighted by atomic mass is 19.1. The smallest absolute Gasteiger partial charge is 0.105 e. The van der Waals surface area contributed by atoms with Crippen molar-refractivity contribution in [3.8, 4) is 0 Å². The van der Waals surface area contributed by atoms with Gasteiger partial charge in [0.1, 0.15) is 6.17 Å². The first-order valence-electron chi connectivity index (χ1n) is 5.63. The van der Waals surface area contributed by atoms with Crippen molar-refractivity contribution in [3.05, 3.63) is 0 Å². The molecule has 0 aromatic carbocycles. The van der Waals surface area contributed by atoms with Crippen molar-refractivity contribution in [2.24, 2.45) is 11.7 Å². The molecule has 2 N–H and O–H groups in total. The van der Waals surface area contributed by atoms with Gasteiger partial charge in [-0.2, -0.15) is 0 Å². The molecule has 2 rings (SSSR count). The lowest BCUT2D eigenvalue weighted by Crippen LogP contribution is -2.30. The maximum absolute atomic E-state index is 13.7. The topological polar surface area (TPSA) is 26.0 Å². The first-order chi connectivity index (χ1) is 6.20. The summed E-state index contributed by atoms with van der Waals surface area (Å²) in [5, 5.41) is 0. The summed E-state index contributed by atoms with van der Waals surface area (Å²) in [7, 11) is 0. The van der Waals surface area contributed by atoms with Gasteiger partial charge < -0.3 is 5.73 Å². The van der Waals surface area contributed by atoms with E-state index in [2.05, 4.69) is 0 Å². The van der Waals surface area contributed by atoms with Gasteiger partial charge in [0.05, 0.1) is 0 Å². The fraction of sp³-hybridized carbons (Fsp3) is 1.00. The second-order valence-corrected chi connectivity index (χ2v) is 4.98. The zero-order valence-electron chi connectivity index (χ0n) is 8.27. The molecule has 1 unspecified atom stereocenters. The summed E-state index contributed by atoms with van der Waals surface area (Å²) in [6.45, 7) is 0. The van der Waals surface area contributed by atoms with Gasteiger partial charge in [0.15, 0.2) is 0 Å². The first kappa shape index (κ1) is 9.45. The molecule has 2 aliphatic carbocycles. The third kappa shape index (κ3) is 2.43. The monoisotopic (exact) mass is 185 g/mol. The van der Waals surface area contributed by atoms with Gasteiger partial charge in [-0.15, -0.1) is 0 Å². The van der Waals surface area contributed by atoms with Crippen LogP contribution in [-0.4, -0.2) is 11.7 Å². The molecule has 0 spiro atoms. The number of nitrogens with two attached hydrogens (primary N) is 1. The van der Waals surface area contributed by atoms with Gasteiger partial charge in [-0.3, -0.25) is 0 Å². The molecule has 1 atom stereocenters. The van der Waals surface area contributed by atoms with Gasteiger partial charge in [0, 0.05) is 5.54 Å². The van der Waals surface area contributed by atoms with E-state index in [0.29, 0.717) is 12.3 Å². The lowest BCUT2D eigenvalue weighted by molar-refractivity contribution is 0.159. The fourth-order valence-electron chi connectivity index (χ4n) is 2.42. The van der Waals surface area contributed by atoms with E-state index in [-0.39, 0.29) is 5.54 Å². The molecule has 0 saturated heterocycles. The predicted molar refractivity (Wildman–Crippen MR) is 52.2 cm³/mol. The summed E-state index contributed by atoms with van der Waals surface area (Å²) in [6, 6.07) is 0. The van der Waals surface area contributed by atoms with E-state index in [9.17, 15) is 4.39 Å². The van der Waals surface area contributed by atoms with Gasteiger partial charge in [-0.25, -0.2) is 4.39 Å². The van der Waals surface area contributed by atoms with Crippen LogP contribution in [0.4, 0.5) is 4.39 Å². The summed E-state index contributed by atoms with van der Waals surface area (Å²) >= 11 is 0. The van der Waals surface area contributed by atoms with Gasteiger partial charge in [0.2, 0.25) is 0 Å². The standard InChI is InChI=1S/C11H20FN/c12-10(8-11(13)6-7-11)9-4-2-1-3-5-9/h9-10H,1-8,13H2. The van der Waals surface area contributed by atoms with Crippen LogP contribution < -0.4 is 5.73 Å². The zero-order chi connectivity index (χ0) is 9.31. The maximum atomic E-state index is 13.7. The van der Waals surface area contributed by atoms with Crippen molar-refractivity contribution in [2.75, 3.05) is 0 Å². The normalized spacial score (nSPS) is 30.0. The van der Waals surface area contributed by atoms with Crippen LogP contribution >= 0.6 is 0 Å². The molecular weight excluding hydrogens is 165 g/mol. The van der Waals surface area contributed by atoms with E-state index in [1.54, 1.807) is 0 Å². The maximum Gasteiger partial charge on any atom is 0.105 e. The highest BCUT2D eigenvalue weighted by Gasteiger charge is 2.41. The van der Waals surface area contributed by atoms with Gasteiger partial charge in [-0.05, 0) is 38.0 Å². The molecular formula is C11H20FN. The molecule has 0 aromatic rings. The Balaban J connectivity index is 1.77. The summed E-state index contributed by atoms with van der Waals surface area (Å²) in [5.74, 6) is 0.328. The van der Waals surface area contributed by atoms with Crippen molar-refractivity contribution in [2.45, 2.75) is 63.1 Å². The summed E-state index contributed by atoms with van der Waals surface area (Å²) < 4.78 is 13.7. The van der Waals surface area contributed by atoms with Crippen LogP contribution in [0.1, 0.15) is 51.4 Å². The second kappa shape index (κ2) is 3.56. The average molecular weight is 185 g/mol. The zero-order valence-corrected chi connectivity index (χ0v) is 8.27. The molecule has 0 aliphatic heterocycles. The Kier molecular flexibility index (Phi) is 2.59. The lowest BCUT2D eigenvalue weighted by atomic mass is 9.83. The molecule has 2 saturated carbocycles. The van der Waals surface area contributed by atoms with Gasteiger partial charge in [-0.1, -0.05) is 19.3 Å². The molecule has 2 heteroatoms. The Labute approximate surface area is 79.9 Å². The van der Waals surface area contributed by atoms with E-state index < -0.39 is 6.17 Å². The highest BCUT2D eigenvalue weighted by molar-refractivity contribution is 5.00. The van der Waals surface area contributed by atoms with E-state index >= 15 is 0 Å². The van der Waals surface area contributed by atoms with E-state index in [0.717, 1.165) is 25.7 Å². The largest absolute Gasteiger partial charge is 0.325 e. The van der Waals surface area contributed by atoms with Crippen LogP contribution in [0.3, 0.4) is 0 Å². The quantitative estimate of drug-likeness (QED) is 0.719. The van der Waals surface area contributed by atoms with Gasteiger partial charge in [0.25, 0.3) is 0 Å². The predicted octanol–water partition coefficient (Wildman–Crippen LogP) is 2.79. The minimum Gasteiger partial charge on any atom is -0.325 e. The number of halogens is 1. The SMILES string of the molecule is NC1(CC(F)C2CCCCC2)CC1. The Morgan fingerprint density at radius 2 is 1.85 bits per heavy atom. The van der Waals surface area contributed by atoms with Gasteiger partial charge >= 0.3 is 0 Å². The van der Waals surface area contributed by atoms with Crippen molar-refractivity contribution < 1.29 is 4.39 Å². The Morgan fingerprint density at radius 1 is 1.23 bits per heavy atom. The Morgan fingerprint density at radius 3 is 2.38 bits per heavy atom. The lowest BCUT2D eigenvalue weighted by Gasteiger charge is -2.26. The molecule has 0 aromatic heterocycles. The van der Waals surface area contributed by atoms with E-state index in [4.69, 9.17) is 5.73 Å². The van der Waals surface area contributed by atoms with E-state index in [1.165, 1.54) is 19.3 Å². The number of hydrogen-bond donors (Lipinski definition) is 1. The number of hydrogen-bond acceptors (Lipinski definition) is 1. The van der Waals surface area contributed by atoms with E-state index in [1.807, 2.05) is 0 Å². The van der Waals surface area contributed by atoms with Crippen molar-refractivity contribution in [1.82, 2.24) is 0 Å². The average Bonchev–Trinajstić information content (AvgIpc) is 2.85. The summed E-state index contributed by atoms with van der Waals surface area (Å²) in [4.78, 5) is 0. The van der Waals surface area contributed by atoms with Crippen LogP contribution in [0.25, 0.3) is 0 Å².